The highest BCUT2D eigenvalue weighted by Crippen LogP contribution is 2.25. The average molecular weight is 699 g/mol. The minimum absolute atomic E-state index is 0.321. The van der Waals surface area contributed by atoms with Gasteiger partial charge in [-0.1, -0.05) is 25.3 Å². The number of carbonyl (C=O) groups excluding carboxylic acids is 4. The lowest BCUT2D eigenvalue weighted by molar-refractivity contribution is -0.138. The molecule has 0 radical (unpaired) electrons. The predicted molar refractivity (Wildman–Crippen MR) is 194 cm³/mol. The normalized spacial score (nSPS) is 10.6. The lowest BCUT2D eigenvalue weighted by Gasteiger charge is -2.10. The van der Waals surface area contributed by atoms with Gasteiger partial charge in [-0.2, -0.15) is 0 Å². The second-order valence-electron chi connectivity index (χ2n) is 11.4. The first-order valence-corrected chi connectivity index (χ1v) is 17.0. The van der Waals surface area contributed by atoms with Gasteiger partial charge in [-0.25, -0.2) is 19.2 Å². The number of benzene rings is 3. The molecule has 270 valence electrons. The van der Waals surface area contributed by atoms with Crippen LogP contribution in [-0.2, 0) is 23.9 Å². The maximum absolute atomic E-state index is 12.7. The number of carbonyl (C=O) groups is 4. The third-order valence-corrected chi connectivity index (χ3v) is 7.39. The van der Waals surface area contributed by atoms with Crippen molar-refractivity contribution < 1.29 is 47.6 Å². The van der Waals surface area contributed by atoms with E-state index in [9.17, 15) is 19.2 Å². The van der Waals surface area contributed by atoms with Crippen molar-refractivity contribution in [3.8, 4) is 23.0 Å². The van der Waals surface area contributed by atoms with Gasteiger partial charge >= 0.3 is 23.9 Å². The third kappa shape index (κ3) is 16.1. The highest BCUT2D eigenvalue weighted by atomic mass is 16.5. The molecule has 0 amide bonds. The van der Waals surface area contributed by atoms with Crippen LogP contribution in [0.15, 0.2) is 98.1 Å². The third-order valence-electron chi connectivity index (χ3n) is 7.39. The zero-order valence-electron chi connectivity index (χ0n) is 29.1. The molecule has 3 aromatic rings. The predicted octanol–water partition coefficient (Wildman–Crippen LogP) is 8.17. The Labute approximate surface area is 299 Å². The molecular formula is C41H46O10. The summed E-state index contributed by atoms with van der Waals surface area (Å²) >= 11 is 0. The summed E-state index contributed by atoms with van der Waals surface area (Å²) in [5, 5.41) is 0. The van der Waals surface area contributed by atoms with Crippen molar-refractivity contribution in [2.45, 2.75) is 58.3 Å². The molecule has 0 fully saturated rings. The van der Waals surface area contributed by atoms with E-state index in [1.165, 1.54) is 6.08 Å². The molecule has 0 unspecified atom stereocenters. The first-order chi connectivity index (χ1) is 24.8. The average Bonchev–Trinajstić information content (AvgIpc) is 3.14. The summed E-state index contributed by atoms with van der Waals surface area (Å²) in [6.07, 6.45) is 12.4. The number of hydrogen-bond donors (Lipinski definition) is 0. The largest absolute Gasteiger partial charge is 0.494 e. The lowest BCUT2D eigenvalue weighted by Crippen LogP contribution is -2.09. The van der Waals surface area contributed by atoms with Crippen molar-refractivity contribution >= 4 is 30.0 Å². The topological polar surface area (TPSA) is 124 Å². The number of hydrogen-bond acceptors (Lipinski definition) is 10. The number of unbranched alkanes of at least 4 members (excludes halogenated alkanes) is 6. The van der Waals surface area contributed by atoms with Crippen molar-refractivity contribution in [3.05, 3.63) is 115 Å². The molecule has 0 atom stereocenters. The first kappa shape index (κ1) is 39.8. The van der Waals surface area contributed by atoms with Crippen LogP contribution in [0.25, 0.3) is 6.08 Å². The van der Waals surface area contributed by atoms with Crippen LogP contribution in [0.1, 0.15) is 72.9 Å². The maximum Gasteiger partial charge on any atom is 0.343 e. The van der Waals surface area contributed by atoms with Gasteiger partial charge in [-0.05, 0) is 130 Å². The Morgan fingerprint density at radius 2 is 1.06 bits per heavy atom. The van der Waals surface area contributed by atoms with Crippen LogP contribution in [-0.4, -0.2) is 50.3 Å². The zero-order valence-corrected chi connectivity index (χ0v) is 29.1. The van der Waals surface area contributed by atoms with Crippen LogP contribution in [0.2, 0.25) is 0 Å². The van der Waals surface area contributed by atoms with Gasteiger partial charge in [0.25, 0.3) is 0 Å². The molecule has 0 aliphatic heterocycles. The second-order valence-corrected chi connectivity index (χ2v) is 11.4. The lowest BCUT2D eigenvalue weighted by atomic mass is 10.2. The molecule has 3 aromatic carbocycles. The van der Waals surface area contributed by atoms with Gasteiger partial charge in [0.05, 0.1) is 32.0 Å². The van der Waals surface area contributed by atoms with Crippen molar-refractivity contribution in [1.82, 2.24) is 0 Å². The monoisotopic (exact) mass is 698 g/mol. The summed E-state index contributed by atoms with van der Waals surface area (Å²) in [4.78, 5) is 47.2. The Bertz CT molecular complexity index is 1610. The highest BCUT2D eigenvalue weighted by Gasteiger charge is 2.12. The van der Waals surface area contributed by atoms with Gasteiger partial charge in [0.2, 0.25) is 0 Å². The Kier molecular flexibility index (Phi) is 17.9. The molecule has 0 aliphatic rings. The van der Waals surface area contributed by atoms with Crippen molar-refractivity contribution in [2.75, 3.05) is 26.4 Å². The molecule has 0 spiro atoms. The van der Waals surface area contributed by atoms with Crippen molar-refractivity contribution in [3.63, 3.8) is 0 Å². The molecule has 51 heavy (non-hydrogen) atoms. The van der Waals surface area contributed by atoms with E-state index in [1.807, 2.05) is 24.3 Å². The fourth-order valence-electron chi connectivity index (χ4n) is 4.59. The molecule has 0 bridgehead atoms. The molecule has 0 heterocycles. The van der Waals surface area contributed by atoms with E-state index in [2.05, 4.69) is 13.2 Å². The van der Waals surface area contributed by atoms with Crippen LogP contribution < -0.4 is 18.9 Å². The highest BCUT2D eigenvalue weighted by molar-refractivity contribution is 5.91. The number of aryl methyl sites for hydroxylation is 1. The summed E-state index contributed by atoms with van der Waals surface area (Å²) < 4.78 is 32.4. The van der Waals surface area contributed by atoms with Crippen LogP contribution in [0.5, 0.6) is 23.0 Å². The van der Waals surface area contributed by atoms with E-state index in [4.69, 9.17) is 28.4 Å². The zero-order chi connectivity index (χ0) is 36.7. The summed E-state index contributed by atoms with van der Waals surface area (Å²) in [7, 11) is 0. The van der Waals surface area contributed by atoms with E-state index in [0.717, 1.165) is 74.8 Å². The fraction of sp³-hybridized carbons (Fsp3) is 0.317. The summed E-state index contributed by atoms with van der Waals surface area (Å²) in [5.74, 6) is 0.181. The van der Waals surface area contributed by atoms with Crippen LogP contribution in [0, 0.1) is 6.92 Å². The minimum atomic E-state index is -0.545. The number of esters is 4. The van der Waals surface area contributed by atoms with Gasteiger partial charge in [-0.15, -0.1) is 0 Å². The molecule has 0 aromatic heterocycles. The molecule has 10 nitrogen and oxygen atoms in total. The number of ether oxygens (including phenoxy) is 6. The summed E-state index contributed by atoms with van der Waals surface area (Å²) in [5.41, 5.74) is 1.80. The molecule has 0 N–H and O–H groups in total. The SMILES string of the molecule is C=CC(=O)OCCCCCCOc1ccc(/C=C/C(=O)Oc2ccc(OC(=O)c3ccc(OCCCCCCOC(=O)C=C)cc3)cc2C)cc1. The second kappa shape index (κ2) is 22.9. The molecule has 0 saturated carbocycles. The Hall–Kier alpha value is -5.64. The van der Waals surface area contributed by atoms with Crippen molar-refractivity contribution in [1.29, 1.82) is 0 Å². The van der Waals surface area contributed by atoms with Crippen LogP contribution in [0.4, 0.5) is 0 Å². The van der Waals surface area contributed by atoms with Crippen LogP contribution in [0.3, 0.4) is 0 Å². The van der Waals surface area contributed by atoms with E-state index in [1.54, 1.807) is 55.5 Å². The van der Waals surface area contributed by atoms with Gasteiger partial charge in [-0.3, -0.25) is 0 Å². The quantitative estimate of drug-likeness (QED) is 0.0415. The van der Waals surface area contributed by atoms with Crippen molar-refractivity contribution in [2.24, 2.45) is 0 Å². The minimum Gasteiger partial charge on any atom is -0.494 e. The Morgan fingerprint density at radius 1 is 0.569 bits per heavy atom. The maximum atomic E-state index is 12.7. The van der Waals surface area contributed by atoms with Gasteiger partial charge in [0.1, 0.15) is 23.0 Å². The van der Waals surface area contributed by atoms with E-state index in [0.29, 0.717) is 54.8 Å². The molecular weight excluding hydrogens is 652 g/mol. The van der Waals surface area contributed by atoms with Gasteiger partial charge < -0.3 is 28.4 Å². The molecule has 0 aliphatic carbocycles. The summed E-state index contributed by atoms with van der Waals surface area (Å²) in [6.45, 7) is 10.4. The fourth-order valence-corrected chi connectivity index (χ4v) is 4.59. The Balaban J connectivity index is 1.34. The smallest absolute Gasteiger partial charge is 0.343 e. The van der Waals surface area contributed by atoms with Crippen LogP contribution >= 0.6 is 0 Å². The van der Waals surface area contributed by atoms with Gasteiger partial charge in [0.15, 0.2) is 0 Å². The van der Waals surface area contributed by atoms with E-state index >= 15 is 0 Å². The molecule has 0 saturated heterocycles. The summed E-state index contributed by atoms with van der Waals surface area (Å²) in [6, 6.07) is 18.9. The standard InChI is InChI=1S/C41H46O10/c1-4-38(42)48-28-12-8-6-10-26-46-34-19-14-32(15-20-34)16-25-40(44)51-37-24-23-36(30-31(37)3)50-41(45)33-17-21-35(22-18-33)47-27-11-7-9-13-29-49-39(43)5-2/h4-5,14-25,30H,1-2,6-13,26-29H2,3H3/b25-16+. The molecule has 10 heteroatoms. The number of rotatable bonds is 23. The first-order valence-electron chi connectivity index (χ1n) is 17.0. The molecule has 3 rings (SSSR count). The van der Waals surface area contributed by atoms with E-state index in [-0.39, 0.29) is 0 Å². The van der Waals surface area contributed by atoms with E-state index < -0.39 is 23.9 Å². The Morgan fingerprint density at radius 3 is 1.57 bits per heavy atom. The van der Waals surface area contributed by atoms with Gasteiger partial charge in [0, 0.05) is 18.2 Å².